The molecule has 0 N–H and O–H groups in total. The van der Waals surface area contributed by atoms with Gasteiger partial charge in [0.1, 0.15) is 4.90 Å². The minimum absolute atomic E-state index is 0.0930. The third-order valence-electron chi connectivity index (χ3n) is 3.84. The Morgan fingerprint density at radius 1 is 1.00 bits per heavy atom. The average Bonchev–Trinajstić information content (AvgIpc) is 2.67. The van der Waals surface area contributed by atoms with E-state index < -0.39 is 22.0 Å². The van der Waals surface area contributed by atoms with E-state index in [1.165, 1.54) is 6.07 Å². The number of aryl methyl sites for hydroxylation is 1. The van der Waals surface area contributed by atoms with Gasteiger partial charge in [-0.15, -0.1) is 0 Å². The van der Waals surface area contributed by atoms with E-state index in [1.54, 1.807) is 25.1 Å². The zero-order valence-electron chi connectivity index (χ0n) is 11.8. The number of sulfonamides is 1. The minimum Gasteiger partial charge on any atom is -0.268 e. The lowest BCUT2D eigenvalue weighted by molar-refractivity contribution is 0.0839. The predicted molar refractivity (Wildman–Crippen MR) is 79.4 cm³/mol. The third kappa shape index (κ3) is 1.96. The first kappa shape index (κ1) is 13.8. The highest BCUT2D eigenvalue weighted by Crippen LogP contribution is 2.37. The third-order valence-corrected chi connectivity index (χ3v) is 5.76. The summed E-state index contributed by atoms with van der Waals surface area (Å²) in [4.78, 5) is 12.6. The molecule has 0 bridgehead atoms. The molecular formula is C16H15NO3S. The summed E-state index contributed by atoms with van der Waals surface area (Å²) in [6, 6.07) is 13.3. The van der Waals surface area contributed by atoms with Gasteiger partial charge in [-0.3, -0.25) is 4.79 Å². The molecular weight excluding hydrogens is 286 g/mol. The van der Waals surface area contributed by atoms with Gasteiger partial charge in [0.05, 0.1) is 11.6 Å². The molecule has 1 atom stereocenters. The Kier molecular flexibility index (Phi) is 3.10. The summed E-state index contributed by atoms with van der Waals surface area (Å²) < 4.78 is 26.2. The van der Waals surface area contributed by atoms with Crippen LogP contribution in [0.4, 0.5) is 0 Å². The topological polar surface area (TPSA) is 54.5 Å². The summed E-state index contributed by atoms with van der Waals surface area (Å²) in [6.45, 7) is 3.65. The number of benzene rings is 2. The Morgan fingerprint density at radius 2 is 1.62 bits per heavy atom. The second kappa shape index (κ2) is 4.70. The molecule has 0 unspecified atom stereocenters. The molecule has 0 spiro atoms. The molecule has 0 radical (unpaired) electrons. The second-order valence-electron chi connectivity index (χ2n) is 5.13. The number of nitrogens with zero attached hydrogens (tertiary/aromatic N) is 1. The standard InChI is InChI=1S/C16H15NO3S/c1-11-7-3-4-8-13(11)12(2)17-16(18)14-9-5-6-10-15(14)21(17,19)20/h3-10,12H,1-2H3/t12-/m0/s1. The summed E-state index contributed by atoms with van der Waals surface area (Å²) in [6.07, 6.45) is 0. The molecule has 0 saturated heterocycles. The van der Waals surface area contributed by atoms with Gasteiger partial charge in [-0.2, -0.15) is 0 Å². The number of hydrogen-bond acceptors (Lipinski definition) is 3. The molecule has 1 aliphatic rings. The fraction of sp³-hybridized carbons (Fsp3) is 0.188. The van der Waals surface area contributed by atoms with Crippen molar-refractivity contribution in [3.8, 4) is 0 Å². The molecule has 2 aromatic rings. The largest absolute Gasteiger partial charge is 0.269 e. The molecule has 108 valence electrons. The molecule has 0 saturated carbocycles. The van der Waals surface area contributed by atoms with Gasteiger partial charge in [-0.25, -0.2) is 12.7 Å². The molecule has 3 rings (SSSR count). The van der Waals surface area contributed by atoms with Crippen molar-refractivity contribution < 1.29 is 13.2 Å². The molecule has 2 aromatic carbocycles. The van der Waals surface area contributed by atoms with Gasteiger partial charge in [0.15, 0.2) is 0 Å². The van der Waals surface area contributed by atoms with E-state index in [4.69, 9.17) is 0 Å². The number of amides is 1. The van der Waals surface area contributed by atoms with Crippen LogP contribution in [0.25, 0.3) is 0 Å². The maximum Gasteiger partial charge on any atom is 0.269 e. The fourth-order valence-corrected chi connectivity index (χ4v) is 4.51. The van der Waals surface area contributed by atoms with Crippen molar-refractivity contribution in [1.82, 2.24) is 4.31 Å². The van der Waals surface area contributed by atoms with Gasteiger partial charge in [0.2, 0.25) is 0 Å². The lowest BCUT2D eigenvalue weighted by Gasteiger charge is -2.24. The van der Waals surface area contributed by atoms with E-state index in [0.29, 0.717) is 0 Å². The zero-order valence-corrected chi connectivity index (χ0v) is 12.6. The second-order valence-corrected chi connectivity index (χ2v) is 6.92. The molecule has 1 aliphatic heterocycles. The number of hydrogen-bond donors (Lipinski definition) is 0. The Bertz CT molecular complexity index is 827. The maximum absolute atomic E-state index is 12.6. The molecule has 21 heavy (non-hydrogen) atoms. The maximum atomic E-state index is 12.6. The first-order chi connectivity index (χ1) is 9.94. The molecule has 0 aromatic heterocycles. The van der Waals surface area contributed by atoms with E-state index in [2.05, 4.69) is 0 Å². The lowest BCUT2D eigenvalue weighted by Crippen LogP contribution is -2.33. The van der Waals surface area contributed by atoms with Gasteiger partial charge >= 0.3 is 0 Å². The van der Waals surface area contributed by atoms with Crippen LogP contribution in [0.15, 0.2) is 53.4 Å². The van der Waals surface area contributed by atoms with Crippen LogP contribution in [0.2, 0.25) is 0 Å². The minimum atomic E-state index is -3.78. The number of fused-ring (bicyclic) bond motifs is 1. The Hall–Kier alpha value is -2.14. The van der Waals surface area contributed by atoms with Gasteiger partial charge < -0.3 is 0 Å². The van der Waals surface area contributed by atoms with Crippen LogP contribution >= 0.6 is 0 Å². The summed E-state index contributed by atoms with van der Waals surface area (Å²) >= 11 is 0. The highest BCUT2D eigenvalue weighted by atomic mass is 32.2. The van der Waals surface area contributed by atoms with Crippen molar-refractivity contribution in [3.63, 3.8) is 0 Å². The van der Waals surface area contributed by atoms with Crippen LogP contribution in [0.1, 0.15) is 34.5 Å². The summed E-state index contributed by atoms with van der Waals surface area (Å²) in [7, 11) is -3.78. The van der Waals surface area contributed by atoms with Crippen LogP contribution in [0, 0.1) is 6.92 Å². The number of rotatable bonds is 2. The summed E-state index contributed by atoms with van der Waals surface area (Å²) in [5.74, 6) is -0.457. The van der Waals surface area contributed by atoms with Crippen molar-refractivity contribution in [2.45, 2.75) is 24.8 Å². The van der Waals surface area contributed by atoms with Crippen LogP contribution in [-0.2, 0) is 10.0 Å². The molecule has 5 heteroatoms. The molecule has 1 heterocycles. The van der Waals surface area contributed by atoms with Gasteiger partial charge in [0.25, 0.3) is 15.9 Å². The van der Waals surface area contributed by atoms with Crippen molar-refractivity contribution >= 4 is 15.9 Å². The Balaban J connectivity index is 2.13. The lowest BCUT2D eigenvalue weighted by atomic mass is 10.0. The van der Waals surface area contributed by atoms with Crippen molar-refractivity contribution in [1.29, 1.82) is 0 Å². The number of carbonyl (C=O) groups excluding carboxylic acids is 1. The first-order valence-corrected chi connectivity index (χ1v) is 8.12. The van der Waals surface area contributed by atoms with Crippen LogP contribution < -0.4 is 0 Å². The quantitative estimate of drug-likeness (QED) is 0.857. The van der Waals surface area contributed by atoms with E-state index in [1.807, 2.05) is 31.2 Å². The van der Waals surface area contributed by atoms with Crippen LogP contribution in [-0.4, -0.2) is 18.6 Å². The van der Waals surface area contributed by atoms with Crippen molar-refractivity contribution in [2.75, 3.05) is 0 Å². The zero-order chi connectivity index (χ0) is 15.2. The SMILES string of the molecule is Cc1ccccc1[C@H](C)N1C(=O)c2ccccc2S1(=O)=O. The fourth-order valence-electron chi connectivity index (χ4n) is 2.77. The average molecular weight is 301 g/mol. The van der Waals surface area contributed by atoms with E-state index in [-0.39, 0.29) is 10.5 Å². The van der Waals surface area contributed by atoms with E-state index in [0.717, 1.165) is 15.4 Å². The van der Waals surface area contributed by atoms with Crippen LogP contribution in [0.5, 0.6) is 0 Å². The van der Waals surface area contributed by atoms with E-state index >= 15 is 0 Å². The Labute approximate surface area is 124 Å². The predicted octanol–water partition coefficient (Wildman–Crippen LogP) is 2.90. The molecule has 1 amide bonds. The smallest absolute Gasteiger partial charge is 0.268 e. The highest BCUT2D eigenvalue weighted by Gasteiger charge is 2.44. The molecule has 0 aliphatic carbocycles. The monoisotopic (exact) mass is 301 g/mol. The summed E-state index contributed by atoms with van der Waals surface area (Å²) in [5.41, 5.74) is 2.05. The van der Waals surface area contributed by atoms with E-state index in [9.17, 15) is 13.2 Å². The van der Waals surface area contributed by atoms with Crippen molar-refractivity contribution in [3.05, 3.63) is 65.2 Å². The Morgan fingerprint density at radius 3 is 2.29 bits per heavy atom. The highest BCUT2D eigenvalue weighted by molar-refractivity contribution is 7.90. The first-order valence-electron chi connectivity index (χ1n) is 6.68. The summed E-state index contributed by atoms with van der Waals surface area (Å²) in [5, 5.41) is 0. The normalized spacial score (nSPS) is 17.6. The molecule has 4 nitrogen and oxygen atoms in total. The molecule has 0 fully saturated rings. The van der Waals surface area contributed by atoms with Gasteiger partial charge in [0, 0.05) is 0 Å². The van der Waals surface area contributed by atoms with Gasteiger partial charge in [-0.05, 0) is 37.1 Å². The van der Waals surface area contributed by atoms with Gasteiger partial charge in [-0.1, -0.05) is 36.4 Å². The number of carbonyl (C=O) groups is 1. The van der Waals surface area contributed by atoms with Crippen molar-refractivity contribution in [2.24, 2.45) is 0 Å². The van der Waals surface area contributed by atoms with Crippen LogP contribution in [0.3, 0.4) is 0 Å².